The fraction of sp³-hybridized carbons (Fsp3) is 0.263. The first-order valence-corrected chi connectivity index (χ1v) is 8.76. The molecular weight excluding hydrogens is 370 g/mol. The van der Waals surface area contributed by atoms with E-state index in [2.05, 4.69) is 5.32 Å². The lowest BCUT2D eigenvalue weighted by atomic mass is 10.1. The van der Waals surface area contributed by atoms with Crippen LogP contribution in [0, 0.1) is 29.9 Å². The lowest BCUT2D eigenvalue weighted by Gasteiger charge is -2.18. The van der Waals surface area contributed by atoms with Gasteiger partial charge in [-0.2, -0.15) is 0 Å². The van der Waals surface area contributed by atoms with Crippen LogP contribution in [0.1, 0.15) is 17.5 Å². The monoisotopic (exact) mass is 387 g/mol. The topological polar surface area (TPSA) is 92.6 Å². The maximum Gasteiger partial charge on any atom is 0.271 e. The molecule has 140 valence electrons. The van der Waals surface area contributed by atoms with Crippen molar-refractivity contribution in [2.24, 2.45) is 5.92 Å². The second-order valence-electron chi connectivity index (χ2n) is 6.58. The van der Waals surface area contributed by atoms with E-state index >= 15 is 0 Å². The molecule has 27 heavy (non-hydrogen) atoms. The molecule has 0 radical (unpaired) electrons. The Hall–Kier alpha value is -2.93. The summed E-state index contributed by atoms with van der Waals surface area (Å²) < 4.78 is 0. The molecule has 0 unspecified atom stereocenters. The Labute approximate surface area is 161 Å². The molecule has 1 heterocycles. The lowest BCUT2D eigenvalue weighted by molar-refractivity contribution is -0.384. The van der Waals surface area contributed by atoms with Crippen LogP contribution >= 0.6 is 11.6 Å². The number of carbonyl (C=O) groups is 2. The van der Waals surface area contributed by atoms with E-state index < -0.39 is 10.8 Å². The summed E-state index contributed by atoms with van der Waals surface area (Å²) in [7, 11) is 0. The van der Waals surface area contributed by atoms with Crippen LogP contribution in [0.25, 0.3) is 0 Å². The average molecular weight is 388 g/mol. The lowest BCUT2D eigenvalue weighted by Crippen LogP contribution is -2.28. The quantitative estimate of drug-likeness (QED) is 0.636. The molecule has 2 amide bonds. The number of hydrogen-bond acceptors (Lipinski definition) is 4. The molecule has 1 aliphatic heterocycles. The number of hydrogen-bond donors (Lipinski definition) is 1. The van der Waals surface area contributed by atoms with Gasteiger partial charge in [-0.3, -0.25) is 19.7 Å². The Morgan fingerprint density at radius 1 is 1.22 bits per heavy atom. The molecule has 0 spiro atoms. The van der Waals surface area contributed by atoms with E-state index in [-0.39, 0.29) is 41.2 Å². The number of benzene rings is 2. The van der Waals surface area contributed by atoms with E-state index in [9.17, 15) is 19.7 Å². The molecule has 0 aliphatic carbocycles. The smallest absolute Gasteiger partial charge is 0.271 e. The van der Waals surface area contributed by atoms with Crippen LogP contribution < -0.4 is 10.2 Å². The summed E-state index contributed by atoms with van der Waals surface area (Å²) in [4.78, 5) is 36.7. The van der Waals surface area contributed by atoms with Crippen molar-refractivity contribution in [2.45, 2.75) is 20.3 Å². The summed E-state index contributed by atoms with van der Waals surface area (Å²) in [5.74, 6) is -0.982. The van der Waals surface area contributed by atoms with Crippen molar-refractivity contribution in [1.29, 1.82) is 0 Å². The fourth-order valence-corrected chi connectivity index (χ4v) is 3.20. The highest BCUT2D eigenvalue weighted by molar-refractivity contribution is 6.34. The zero-order valence-electron chi connectivity index (χ0n) is 14.9. The average Bonchev–Trinajstić information content (AvgIpc) is 3.01. The third-order valence-electron chi connectivity index (χ3n) is 4.72. The van der Waals surface area contributed by atoms with Gasteiger partial charge in [0.1, 0.15) is 0 Å². The first kappa shape index (κ1) is 18.8. The van der Waals surface area contributed by atoms with E-state index in [1.165, 1.54) is 18.2 Å². The summed E-state index contributed by atoms with van der Waals surface area (Å²) in [6.45, 7) is 4.24. The van der Waals surface area contributed by atoms with E-state index in [1.807, 2.05) is 32.0 Å². The first-order chi connectivity index (χ1) is 12.8. The molecule has 2 aromatic rings. The van der Waals surface area contributed by atoms with Crippen LogP contribution in [-0.4, -0.2) is 23.3 Å². The fourth-order valence-electron chi connectivity index (χ4n) is 2.98. The van der Waals surface area contributed by atoms with Gasteiger partial charge in [-0.1, -0.05) is 17.7 Å². The molecule has 0 bridgehead atoms. The molecule has 8 heteroatoms. The van der Waals surface area contributed by atoms with Crippen LogP contribution in [-0.2, 0) is 9.59 Å². The van der Waals surface area contributed by atoms with Crippen molar-refractivity contribution < 1.29 is 14.5 Å². The molecule has 1 fully saturated rings. The highest BCUT2D eigenvalue weighted by atomic mass is 35.5. The zero-order valence-corrected chi connectivity index (χ0v) is 15.6. The van der Waals surface area contributed by atoms with Crippen molar-refractivity contribution in [3.8, 4) is 0 Å². The number of nitrogens with one attached hydrogen (secondary N) is 1. The third-order valence-corrected chi connectivity index (χ3v) is 5.03. The van der Waals surface area contributed by atoms with Crippen LogP contribution in [0.3, 0.4) is 0 Å². The van der Waals surface area contributed by atoms with Gasteiger partial charge in [0.15, 0.2) is 0 Å². The number of nitrogens with zero attached hydrogens (tertiary/aromatic N) is 2. The highest BCUT2D eigenvalue weighted by Gasteiger charge is 2.35. The van der Waals surface area contributed by atoms with Crippen molar-refractivity contribution in [3.63, 3.8) is 0 Å². The number of nitro benzene ring substituents is 1. The number of amides is 2. The molecule has 1 N–H and O–H groups in total. The predicted octanol–water partition coefficient (Wildman–Crippen LogP) is 3.86. The number of rotatable bonds is 4. The van der Waals surface area contributed by atoms with Gasteiger partial charge in [0.25, 0.3) is 5.69 Å². The molecule has 1 atom stereocenters. The zero-order chi connectivity index (χ0) is 19.7. The summed E-state index contributed by atoms with van der Waals surface area (Å²) >= 11 is 6.01. The van der Waals surface area contributed by atoms with Crippen LogP contribution in [0.4, 0.5) is 17.1 Å². The summed E-state index contributed by atoms with van der Waals surface area (Å²) in [6, 6.07) is 9.58. The van der Waals surface area contributed by atoms with Gasteiger partial charge in [0, 0.05) is 30.8 Å². The Morgan fingerprint density at radius 3 is 2.59 bits per heavy atom. The van der Waals surface area contributed by atoms with E-state index in [0.29, 0.717) is 0 Å². The standard InChI is InChI=1S/C19H18ClN3O4/c1-11-3-4-14(7-12(11)2)22-10-13(8-18(22)24)19(25)21-17-6-5-15(23(26)27)9-16(17)20/h3-7,9,13H,8,10H2,1-2H3,(H,21,25)/t13-/m1/s1. The first-order valence-electron chi connectivity index (χ1n) is 8.38. The second-order valence-corrected chi connectivity index (χ2v) is 6.99. The Kier molecular flexibility index (Phi) is 5.14. The number of halogens is 1. The van der Waals surface area contributed by atoms with Gasteiger partial charge in [0.05, 0.1) is 21.6 Å². The van der Waals surface area contributed by atoms with Crippen molar-refractivity contribution in [3.05, 3.63) is 62.7 Å². The SMILES string of the molecule is Cc1ccc(N2C[C@H](C(=O)Nc3ccc([N+](=O)[O-])cc3Cl)CC2=O)cc1C. The number of non-ortho nitro benzene ring substituents is 1. The van der Waals surface area contributed by atoms with Crippen molar-refractivity contribution in [1.82, 2.24) is 0 Å². The van der Waals surface area contributed by atoms with Gasteiger partial charge in [-0.15, -0.1) is 0 Å². The molecule has 0 aromatic heterocycles. The minimum Gasteiger partial charge on any atom is -0.324 e. The maximum absolute atomic E-state index is 12.5. The van der Waals surface area contributed by atoms with Gasteiger partial charge in [0.2, 0.25) is 11.8 Å². The van der Waals surface area contributed by atoms with Gasteiger partial charge < -0.3 is 10.2 Å². The minimum absolute atomic E-state index is 0.0767. The van der Waals surface area contributed by atoms with Gasteiger partial charge in [-0.25, -0.2) is 0 Å². The molecule has 1 aliphatic rings. The molecule has 2 aromatic carbocycles. The molecule has 3 rings (SSSR count). The highest BCUT2D eigenvalue weighted by Crippen LogP contribution is 2.30. The minimum atomic E-state index is -0.561. The second kappa shape index (κ2) is 7.36. The summed E-state index contributed by atoms with van der Waals surface area (Å²) in [5, 5.41) is 13.5. The number of aryl methyl sites for hydroxylation is 2. The maximum atomic E-state index is 12.5. The van der Waals surface area contributed by atoms with Crippen LogP contribution in [0.15, 0.2) is 36.4 Å². The number of carbonyl (C=O) groups excluding carboxylic acids is 2. The van der Waals surface area contributed by atoms with Crippen LogP contribution in [0.2, 0.25) is 5.02 Å². The largest absolute Gasteiger partial charge is 0.324 e. The molecule has 7 nitrogen and oxygen atoms in total. The summed E-state index contributed by atoms with van der Waals surface area (Å²) in [6.07, 6.45) is 0.101. The van der Waals surface area contributed by atoms with Gasteiger partial charge >= 0.3 is 0 Å². The Morgan fingerprint density at radius 2 is 1.96 bits per heavy atom. The van der Waals surface area contributed by atoms with Crippen LogP contribution in [0.5, 0.6) is 0 Å². The Balaban J connectivity index is 1.72. The molecule has 1 saturated heterocycles. The van der Waals surface area contributed by atoms with Crippen molar-refractivity contribution >= 4 is 40.5 Å². The number of anilines is 2. The normalized spacial score (nSPS) is 16.5. The van der Waals surface area contributed by atoms with Crippen molar-refractivity contribution in [2.75, 3.05) is 16.8 Å². The van der Waals surface area contributed by atoms with E-state index in [0.717, 1.165) is 16.8 Å². The summed E-state index contributed by atoms with van der Waals surface area (Å²) in [5.41, 5.74) is 3.10. The Bertz CT molecular complexity index is 945. The molecular formula is C19H18ClN3O4. The number of nitro groups is 1. The molecule has 0 saturated carbocycles. The third kappa shape index (κ3) is 3.93. The van der Waals surface area contributed by atoms with E-state index in [1.54, 1.807) is 4.90 Å². The van der Waals surface area contributed by atoms with Gasteiger partial charge in [-0.05, 0) is 43.2 Å². The van der Waals surface area contributed by atoms with E-state index in [4.69, 9.17) is 11.6 Å². The predicted molar refractivity (Wildman–Crippen MR) is 103 cm³/mol.